The third-order valence-corrected chi connectivity index (χ3v) is 3.92. The number of aryl methyl sites for hydroxylation is 1. The van der Waals surface area contributed by atoms with Crippen LogP contribution >= 0.6 is 0 Å². The van der Waals surface area contributed by atoms with Gasteiger partial charge in [-0.2, -0.15) is 0 Å². The summed E-state index contributed by atoms with van der Waals surface area (Å²) in [6.45, 7) is 10.7. The normalized spacial score (nSPS) is 12.6. The fraction of sp³-hybridized carbons (Fsp3) is 0.588. The molecule has 0 unspecified atom stereocenters. The number of H-pyrrole nitrogens is 1. The fourth-order valence-electron chi connectivity index (χ4n) is 2.66. The van der Waals surface area contributed by atoms with Gasteiger partial charge >= 0.3 is 0 Å². The van der Waals surface area contributed by atoms with E-state index < -0.39 is 6.04 Å². The lowest BCUT2D eigenvalue weighted by Gasteiger charge is -2.23. The highest BCUT2D eigenvalue weighted by Crippen LogP contribution is 2.20. The number of carbonyl (C=O) groups is 3. The second-order valence-electron chi connectivity index (χ2n) is 6.36. The van der Waals surface area contributed by atoms with Gasteiger partial charge in [0.1, 0.15) is 0 Å². The smallest absolute Gasteiger partial charge is 0.234 e. The lowest BCUT2D eigenvalue weighted by atomic mass is 10.0. The second kappa shape index (κ2) is 7.55. The molecular formula is C17H27N3O3. The third-order valence-electron chi connectivity index (χ3n) is 3.92. The maximum absolute atomic E-state index is 12.7. The van der Waals surface area contributed by atoms with Gasteiger partial charge < -0.3 is 10.3 Å². The van der Waals surface area contributed by atoms with Crippen molar-refractivity contribution in [3.8, 4) is 0 Å². The van der Waals surface area contributed by atoms with Gasteiger partial charge in [-0.05, 0) is 54.2 Å². The third kappa shape index (κ3) is 4.51. The molecule has 1 atom stereocenters. The number of ketones is 2. The molecule has 1 heterocycles. The van der Waals surface area contributed by atoms with Crippen molar-refractivity contribution in [1.29, 1.82) is 0 Å². The van der Waals surface area contributed by atoms with Gasteiger partial charge in [-0.3, -0.25) is 19.3 Å². The maximum atomic E-state index is 12.7. The zero-order valence-corrected chi connectivity index (χ0v) is 15.0. The summed E-state index contributed by atoms with van der Waals surface area (Å²) in [5.74, 6) is -0.309. The van der Waals surface area contributed by atoms with Crippen LogP contribution < -0.4 is 5.32 Å². The number of amides is 1. The Morgan fingerprint density at radius 1 is 1.17 bits per heavy atom. The molecular weight excluding hydrogens is 294 g/mol. The lowest BCUT2D eigenvalue weighted by molar-refractivity contribution is -0.122. The van der Waals surface area contributed by atoms with Crippen molar-refractivity contribution >= 4 is 17.5 Å². The average Bonchev–Trinajstić information content (AvgIpc) is 2.71. The molecule has 1 rings (SSSR count). The molecule has 0 fully saturated rings. The highest BCUT2D eigenvalue weighted by molar-refractivity contribution is 6.05. The minimum absolute atomic E-state index is 0.0624. The minimum Gasteiger partial charge on any atom is -0.355 e. The highest BCUT2D eigenvalue weighted by Gasteiger charge is 2.26. The van der Waals surface area contributed by atoms with E-state index in [4.69, 9.17) is 0 Å². The molecule has 1 amide bonds. The Balaban J connectivity index is 2.91. The van der Waals surface area contributed by atoms with Crippen molar-refractivity contribution in [2.24, 2.45) is 0 Å². The summed E-state index contributed by atoms with van der Waals surface area (Å²) in [5.41, 5.74) is 2.38. The van der Waals surface area contributed by atoms with Crippen LogP contribution in [0.3, 0.4) is 0 Å². The summed E-state index contributed by atoms with van der Waals surface area (Å²) >= 11 is 0. The molecule has 0 bridgehead atoms. The summed E-state index contributed by atoms with van der Waals surface area (Å²) < 4.78 is 0. The summed E-state index contributed by atoms with van der Waals surface area (Å²) in [5, 5.41) is 2.80. The molecule has 1 aromatic heterocycles. The van der Waals surface area contributed by atoms with Gasteiger partial charge in [-0.1, -0.05) is 0 Å². The molecule has 0 aromatic carbocycles. The molecule has 23 heavy (non-hydrogen) atoms. The second-order valence-corrected chi connectivity index (χ2v) is 6.36. The Morgan fingerprint density at radius 2 is 1.74 bits per heavy atom. The zero-order chi connectivity index (χ0) is 17.9. The molecule has 0 aliphatic heterocycles. The van der Waals surface area contributed by atoms with Crippen LogP contribution in [-0.2, 0) is 4.79 Å². The number of likely N-dealkylation sites (N-methyl/N-ethyl adjacent to an activating group) is 1. The summed E-state index contributed by atoms with van der Waals surface area (Å²) in [4.78, 5) is 40.9. The first-order chi connectivity index (χ1) is 10.6. The molecule has 0 radical (unpaired) electrons. The van der Waals surface area contributed by atoms with Crippen molar-refractivity contribution in [3.63, 3.8) is 0 Å². The van der Waals surface area contributed by atoms with E-state index in [1.54, 1.807) is 32.7 Å². The van der Waals surface area contributed by atoms with Crippen LogP contribution in [0.4, 0.5) is 0 Å². The van der Waals surface area contributed by atoms with E-state index in [9.17, 15) is 14.4 Å². The Kier molecular flexibility index (Phi) is 6.27. The van der Waals surface area contributed by atoms with Gasteiger partial charge in [-0.15, -0.1) is 0 Å². The van der Waals surface area contributed by atoms with Crippen LogP contribution in [0.25, 0.3) is 0 Å². The van der Waals surface area contributed by atoms with Crippen LogP contribution in [0.15, 0.2) is 0 Å². The molecule has 0 spiro atoms. The SMILES string of the molecule is CC(=O)c1c(C)[nH]c(C(=O)[C@@H](C)N(C)CC(=O)NC(C)C)c1C. The molecule has 2 N–H and O–H groups in total. The van der Waals surface area contributed by atoms with E-state index in [1.165, 1.54) is 6.92 Å². The molecule has 1 aromatic rings. The molecule has 0 saturated carbocycles. The number of nitrogens with zero attached hydrogens (tertiary/aromatic N) is 1. The van der Waals surface area contributed by atoms with Crippen LogP contribution in [0.5, 0.6) is 0 Å². The van der Waals surface area contributed by atoms with Gasteiger partial charge in [0.15, 0.2) is 11.6 Å². The van der Waals surface area contributed by atoms with Crippen LogP contribution in [0, 0.1) is 13.8 Å². The van der Waals surface area contributed by atoms with Gasteiger partial charge in [0.05, 0.1) is 18.3 Å². The van der Waals surface area contributed by atoms with Crippen molar-refractivity contribution in [1.82, 2.24) is 15.2 Å². The number of aromatic amines is 1. The number of aromatic nitrogens is 1. The summed E-state index contributed by atoms with van der Waals surface area (Å²) in [6, 6.07) is -0.405. The number of carbonyl (C=O) groups excluding carboxylic acids is 3. The van der Waals surface area contributed by atoms with E-state index >= 15 is 0 Å². The largest absolute Gasteiger partial charge is 0.355 e. The molecule has 0 saturated heterocycles. The first-order valence-electron chi connectivity index (χ1n) is 7.80. The van der Waals surface area contributed by atoms with E-state index in [-0.39, 0.29) is 30.1 Å². The van der Waals surface area contributed by atoms with E-state index in [1.807, 2.05) is 13.8 Å². The highest BCUT2D eigenvalue weighted by atomic mass is 16.2. The van der Waals surface area contributed by atoms with Crippen LogP contribution in [0.2, 0.25) is 0 Å². The molecule has 6 nitrogen and oxygen atoms in total. The summed E-state index contributed by atoms with van der Waals surface area (Å²) in [6.07, 6.45) is 0. The molecule has 6 heteroatoms. The van der Waals surface area contributed by atoms with Crippen molar-refractivity contribution in [3.05, 3.63) is 22.5 Å². The Hall–Kier alpha value is -1.95. The molecule has 0 aliphatic carbocycles. The van der Waals surface area contributed by atoms with E-state index in [2.05, 4.69) is 10.3 Å². The minimum atomic E-state index is -0.468. The predicted octanol–water partition coefficient (Wildman–Crippen LogP) is 1.86. The van der Waals surface area contributed by atoms with E-state index in [0.717, 1.165) is 0 Å². The standard InChI is InChI=1S/C17H27N3O3/c1-9(2)18-14(22)8-20(7)12(5)17(23)16-10(3)15(13(6)21)11(4)19-16/h9,12,19H,8H2,1-7H3,(H,18,22)/t12-/m1/s1. The Morgan fingerprint density at radius 3 is 2.17 bits per heavy atom. The number of rotatable bonds is 7. The topological polar surface area (TPSA) is 82.3 Å². The monoisotopic (exact) mass is 321 g/mol. The van der Waals surface area contributed by atoms with Crippen molar-refractivity contribution in [2.75, 3.05) is 13.6 Å². The van der Waals surface area contributed by atoms with Crippen LogP contribution in [0.1, 0.15) is 59.8 Å². The predicted molar refractivity (Wildman–Crippen MR) is 90.0 cm³/mol. The number of nitrogens with one attached hydrogen (secondary N) is 2. The first-order valence-corrected chi connectivity index (χ1v) is 7.80. The van der Waals surface area contributed by atoms with Gasteiger partial charge in [0.25, 0.3) is 0 Å². The van der Waals surface area contributed by atoms with Crippen molar-refractivity contribution < 1.29 is 14.4 Å². The number of hydrogen-bond donors (Lipinski definition) is 2. The average molecular weight is 321 g/mol. The maximum Gasteiger partial charge on any atom is 0.234 e. The van der Waals surface area contributed by atoms with Gasteiger partial charge in [-0.25, -0.2) is 0 Å². The van der Waals surface area contributed by atoms with Gasteiger partial charge in [0.2, 0.25) is 5.91 Å². The van der Waals surface area contributed by atoms with Gasteiger partial charge in [0, 0.05) is 17.3 Å². The van der Waals surface area contributed by atoms with Crippen molar-refractivity contribution in [2.45, 2.75) is 53.6 Å². The Labute approximate surface area is 137 Å². The molecule has 128 valence electrons. The summed E-state index contributed by atoms with van der Waals surface area (Å²) in [7, 11) is 1.74. The van der Waals surface area contributed by atoms with E-state index in [0.29, 0.717) is 22.5 Å². The zero-order valence-electron chi connectivity index (χ0n) is 15.0. The quantitative estimate of drug-likeness (QED) is 0.751. The van der Waals surface area contributed by atoms with Crippen LogP contribution in [-0.4, -0.2) is 53.0 Å². The first kappa shape index (κ1) is 19.1. The lowest BCUT2D eigenvalue weighted by Crippen LogP contribution is -2.44. The molecule has 0 aliphatic rings. The number of hydrogen-bond acceptors (Lipinski definition) is 4. The fourth-order valence-corrected chi connectivity index (χ4v) is 2.66. The number of Topliss-reactive ketones (excluding diaryl/α,β-unsaturated/α-hetero) is 2. The Bertz CT molecular complexity index is 617.